The molecule has 0 saturated carbocycles. The zero-order chi connectivity index (χ0) is 10.4. The minimum atomic E-state index is -0.0626. The number of carbonyl (C=O) groups excluding carboxylic acids is 1. The molecule has 0 saturated heterocycles. The molecule has 1 amide bonds. The first-order valence-corrected chi connectivity index (χ1v) is 4.72. The van der Waals surface area contributed by atoms with Crippen LogP contribution in [-0.2, 0) is 0 Å². The molecular weight excluding hydrogens is 180 g/mol. The lowest BCUT2D eigenvalue weighted by molar-refractivity contribution is 0.0952. The Bertz CT molecular complexity index is 294. The molecule has 0 aliphatic carbocycles. The molecule has 0 bridgehead atoms. The molecule has 0 spiro atoms. The fourth-order valence-corrected chi connectivity index (χ4v) is 1.18. The zero-order valence-electron chi connectivity index (χ0n) is 8.59. The predicted molar refractivity (Wildman–Crippen MR) is 54.3 cm³/mol. The van der Waals surface area contributed by atoms with Gasteiger partial charge in [-0.1, -0.05) is 0 Å². The van der Waals surface area contributed by atoms with Gasteiger partial charge in [0.1, 0.15) is 5.76 Å². The quantitative estimate of drug-likeness (QED) is 0.689. The number of hydrogen-bond donors (Lipinski definition) is 2. The lowest BCUT2D eigenvalue weighted by Gasteiger charge is -2.03. The minimum absolute atomic E-state index is 0.0626. The molecule has 0 atom stereocenters. The largest absolute Gasteiger partial charge is 0.469 e. The fraction of sp³-hybridized carbons (Fsp3) is 0.500. The lowest BCUT2D eigenvalue weighted by Crippen LogP contribution is -2.26. The molecule has 0 aliphatic rings. The van der Waals surface area contributed by atoms with Crippen molar-refractivity contribution in [3.63, 3.8) is 0 Å². The summed E-state index contributed by atoms with van der Waals surface area (Å²) in [5, 5.41) is 5.84. The van der Waals surface area contributed by atoms with E-state index in [1.807, 2.05) is 7.05 Å². The number of furan rings is 1. The predicted octanol–water partition coefficient (Wildman–Crippen LogP) is 0.927. The van der Waals surface area contributed by atoms with Gasteiger partial charge in [-0.15, -0.1) is 0 Å². The Morgan fingerprint density at radius 1 is 1.50 bits per heavy atom. The molecule has 1 heterocycles. The maximum atomic E-state index is 11.5. The third-order valence-electron chi connectivity index (χ3n) is 1.99. The van der Waals surface area contributed by atoms with Gasteiger partial charge in [0.25, 0.3) is 5.91 Å². The van der Waals surface area contributed by atoms with Crippen LogP contribution in [-0.4, -0.2) is 26.0 Å². The Hall–Kier alpha value is -1.29. The van der Waals surface area contributed by atoms with Crippen LogP contribution in [0.4, 0.5) is 0 Å². The highest BCUT2D eigenvalue weighted by atomic mass is 16.3. The molecule has 1 rings (SSSR count). The van der Waals surface area contributed by atoms with Crippen molar-refractivity contribution in [1.82, 2.24) is 10.6 Å². The number of hydrogen-bond acceptors (Lipinski definition) is 3. The average Bonchev–Trinajstić information content (AvgIpc) is 2.59. The van der Waals surface area contributed by atoms with Crippen molar-refractivity contribution in [3.05, 3.63) is 23.7 Å². The normalized spacial score (nSPS) is 10.1. The number of nitrogens with one attached hydrogen (secondary N) is 2. The third kappa shape index (κ3) is 2.88. The van der Waals surface area contributed by atoms with Gasteiger partial charge in [-0.25, -0.2) is 0 Å². The van der Waals surface area contributed by atoms with Crippen LogP contribution in [0.3, 0.4) is 0 Å². The van der Waals surface area contributed by atoms with Gasteiger partial charge < -0.3 is 15.1 Å². The molecular formula is C10H16N2O2. The summed E-state index contributed by atoms with van der Waals surface area (Å²) < 4.78 is 5.04. The Labute approximate surface area is 83.7 Å². The monoisotopic (exact) mass is 196 g/mol. The molecule has 0 aromatic carbocycles. The van der Waals surface area contributed by atoms with E-state index in [9.17, 15) is 4.79 Å². The summed E-state index contributed by atoms with van der Waals surface area (Å²) in [6.07, 6.45) is 2.46. The van der Waals surface area contributed by atoms with Crippen LogP contribution < -0.4 is 10.6 Å². The van der Waals surface area contributed by atoms with E-state index in [4.69, 9.17) is 4.42 Å². The number of aryl methyl sites for hydroxylation is 1. The smallest absolute Gasteiger partial charge is 0.254 e. The van der Waals surface area contributed by atoms with Crippen LogP contribution in [0.15, 0.2) is 16.7 Å². The van der Waals surface area contributed by atoms with Crippen molar-refractivity contribution in [2.75, 3.05) is 20.1 Å². The number of carbonyl (C=O) groups is 1. The first kappa shape index (κ1) is 10.8. The molecule has 78 valence electrons. The van der Waals surface area contributed by atoms with Gasteiger partial charge in [0.2, 0.25) is 0 Å². The summed E-state index contributed by atoms with van der Waals surface area (Å²) in [5.41, 5.74) is 0.620. The fourth-order valence-electron chi connectivity index (χ4n) is 1.18. The van der Waals surface area contributed by atoms with Gasteiger partial charge in [-0.05, 0) is 33.0 Å². The molecule has 1 aromatic heterocycles. The van der Waals surface area contributed by atoms with Gasteiger partial charge >= 0.3 is 0 Å². The second-order valence-corrected chi connectivity index (χ2v) is 3.10. The van der Waals surface area contributed by atoms with Crippen LogP contribution in [0.2, 0.25) is 0 Å². The van der Waals surface area contributed by atoms with Crippen molar-refractivity contribution >= 4 is 5.91 Å². The zero-order valence-corrected chi connectivity index (χ0v) is 8.59. The van der Waals surface area contributed by atoms with Crippen molar-refractivity contribution in [3.8, 4) is 0 Å². The second-order valence-electron chi connectivity index (χ2n) is 3.10. The Morgan fingerprint density at radius 2 is 2.29 bits per heavy atom. The van der Waals surface area contributed by atoms with E-state index in [2.05, 4.69) is 10.6 Å². The van der Waals surface area contributed by atoms with E-state index in [1.165, 1.54) is 6.26 Å². The van der Waals surface area contributed by atoms with Gasteiger partial charge in [0.05, 0.1) is 11.8 Å². The highest BCUT2D eigenvalue weighted by molar-refractivity contribution is 5.94. The van der Waals surface area contributed by atoms with Crippen molar-refractivity contribution in [2.45, 2.75) is 13.3 Å². The van der Waals surface area contributed by atoms with E-state index in [0.717, 1.165) is 13.0 Å². The number of amides is 1. The van der Waals surface area contributed by atoms with Gasteiger partial charge in [-0.2, -0.15) is 0 Å². The van der Waals surface area contributed by atoms with Crippen molar-refractivity contribution < 1.29 is 9.21 Å². The highest BCUT2D eigenvalue weighted by Gasteiger charge is 2.09. The summed E-state index contributed by atoms with van der Waals surface area (Å²) in [4.78, 5) is 11.5. The summed E-state index contributed by atoms with van der Waals surface area (Å²) >= 11 is 0. The van der Waals surface area contributed by atoms with E-state index < -0.39 is 0 Å². The first-order valence-electron chi connectivity index (χ1n) is 4.72. The summed E-state index contributed by atoms with van der Waals surface area (Å²) in [6.45, 7) is 3.37. The van der Waals surface area contributed by atoms with E-state index >= 15 is 0 Å². The van der Waals surface area contributed by atoms with E-state index in [1.54, 1.807) is 13.0 Å². The Morgan fingerprint density at radius 3 is 2.86 bits per heavy atom. The molecule has 1 aromatic rings. The molecule has 0 radical (unpaired) electrons. The summed E-state index contributed by atoms with van der Waals surface area (Å²) in [6, 6.07) is 1.68. The van der Waals surface area contributed by atoms with Gasteiger partial charge in [0, 0.05) is 6.54 Å². The van der Waals surface area contributed by atoms with E-state index in [0.29, 0.717) is 17.9 Å². The van der Waals surface area contributed by atoms with Crippen LogP contribution >= 0.6 is 0 Å². The average molecular weight is 196 g/mol. The minimum Gasteiger partial charge on any atom is -0.469 e. The molecule has 0 fully saturated rings. The van der Waals surface area contributed by atoms with Crippen LogP contribution in [0.25, 0.3) is 0 Å². The maximum absolute atomic E-state index is 11.5. The highest BCUT2D eigenvalue weighted by Crippen LogP contribution is 2.07. The second kappa shape index (κ2) is 5.44. The lowest BCUT2D eigenvalue weighted by atomic mass is 10.2. The van der Waals surface area contributed by atoms with Crippen molar-refractivity contribution in [2.24, 2.45) is 0 Å². The molecule has 2 N–H and O–H groups in total. The van der Waals surface area contributed by atoms with E-state index in [-0.39, 0.29) is 5.91 Å². The summed E-state index contributed by atoms with van der Waals surface area (Å²) in [5.74, 6) is 0.600. The third-order valence-corrected chi connectivity index (χ3v) is 1.99. The Kier molecular flexibility index (Phi) is 4.19. The topological polar surface area (TPSA) is 54.3 Å². The van der Waals surface area contributed by atoms with Gasteiger partial charge in [-0.3, -0.25) is 4.79 Å². The molecule has 14 heavy (non-hydrogen) atoms. The molecule has 4 heteroatoms. The standard InChI is InChI=1S/C10H16N2O2/c1-8-9(4-7-14-8)10(13)12-6-3-5-11-2/h4,7,11H,3,5-6H2,1-2H3,(H,12,13). The number of rotatable bonds is 5. The maximum Gasteiger partial charge on any atom is 0.254 e. The Balaban J connectivity index is 2.32. The SMILES string of the molecule is CNCCCNC(=O)c1ccoc1C. The molecule has 4 nitrogen and oxygen atoms in total. The summed E-state index contributed by atoms with van der Waals surface area (Å²) in [7, 11) is 1.89. The first-order chi connectivity index (χ1) is 6.75. The van der Waals surface area contributed by atoms with Crippen LogP contribution in [0.1, 0.15) is 22.5 Å². The van der Waals surface area contributed by atoms with Crippen LogP contribution in [0, 0.1) is 6.92 Å². The molecule has 0 unspecified atom stereocenters. The van der Waals surface area contributed by atoms with Crippen molar-refractivity contribution in [1.29, 1.82) is 0 Å². The van der Waals surface area contributed by atoms with Gasteiger partial charge in [0.15, 0.2) is 0 Å². The molecule has 0 aliphatic heterocycles. The van der Waals surface area contributed by atoms with Crippen LogP contribution in [0.5, 0.6) is 0 Å².